The molecule has 1 saturated heterocycles. The lowest BCUT2D eigenvalue weighted by Crippen LogP contribution is -2.34. The van der Waals surface area contributed by atoms with Crippen LogP contribution in [0.25, 0.3) is 22.1 Å². The number of aromatic hydroxyl groups is 1. The normalized spacial score (nSPS) is 25.6. The van der Waals surface area contributed by atoms with Crippen LogP contribution in [0.5, 0.6) is 5.75 Å². The van der Waals surface area contributed by atoms with E-state index in [1.54, 1.807) is 12.1 Å². The van der Waals surface area contributed by atoms with Crippen molar-refractivity contribution in [2.45, 2.75) is 52.6 Å². The van der Waals surface area contributed by atoms with Gasteiger partial charge in [-0.05, 0) is 53.4 Å². The summed E-state index contributed by atoms with van der Waals surface area (Å²) < 4.78 is 5.68. The highest BCUT2D eigenvalue weighted by molar-refractivity contribution is 5.95. The van der Waals surface area contributed by atoms with Crippen molar-refractivity contribution < 1.29 is 9.52 Å². The summed E-state index contributed by atoms with van der Waals surface area (Å²) in [5.41, 5.74) is 3.29. The molecular formula is C26H29NO3. The van der Waals surface area contributed by atoms with Gasteiger partial charge in [-0.15, -0.1) is 0 Å². The van der Waals surface area contributed by atoms with Crippen LogP contribution in [0, 0.1) is 10.8 Å². The Balaban J connectivity index is 1.60. The van der Waals surface area contributed by atoms with Gasteiger partial charge in [-0.25, -0.2) is 4.79 Å². The molecule has 0 spiro atoms. The lowest BCUT2D eigenvalue weighted by atomic mass is 9.65. The van der Waals surface area contributed by atoms with Gasteiger partial charge >= 0.3 is 5.63 Å². The summed E-state index contributed by atoms with van der Waals surface area (Å²) in [6.07, 6.45) is 3.58. The molecule has 3 aromatic rings. The van der Waals surface area contributed by atoms with E-state index < -0.39 is 0 Å². The third kappa shape index (κ3) is 3.33. The molecule has 4 heteroatoms. The Morgan fingerprint density at radius 2 is 1.87 bits per heavy atom. The number of hydrogen-bond acceptors (Lipinski definition) is 4. The highest BCUT2D eigenvalue weighted by atomic mass is 16.4. The van der Waals surface area contributed by atoms with Crippen molar-refractivity contribution in [3.05, 3.63) is 64.5 Å². The van der Waals surface area contributed by atoms with Crippen molar-refractivity contribution in [2.75, 3.05) is 6.54 Å². The summed E-state index contributed by atoms with van der Waals surface area (Å²) in [5, 5.41) is 11.6. The molecule has 5 rings (SSSR count). The van der Waals surface area contributed by atoms with E-state index in [2.05, 4.69) is 25.7 Å². The summed E-state index contributed by atoms with van der Waals surface area (Å²) in [6, 6.07) is 15.5. The molecule has 1 aromatic heterocycles. The van der Waals surface area contributed by atoms with Crippen LogP contribution < -0.4 is 5.63 Å². The first-order valence-electron chi connectivity index (χ1n) is 10.8. The van der Waals surface area contributed by atoms with Crippen LogP contribution in [0.3, 0.4) is 0 Å². The van der Waals surface area contributed by atoms with E-state index >= 15 is 0 Å². The number of likely N-dealkylation sites (tertiary alicyclic amines) is 1. The standard InChI is InChI=1S/C26H29NO3/c1-25(2)12-18-13-26(3,15-25)16-27(18)14-21-22(28)10-9-19-20(11-23(29)30-24(19)21)17-7-5-4-6-8-17/h4-11,18,28H,12-16H2,1-3H3/t18-,26-/m1/s1. The van der Waals surface area contributed by atoms with Gasteiger partial charge in [0.1, 0.15) is 11.3 Å². The zero-order valence-corrected chi connectivity index (χ0v) is 17.9. The van der Waals surface area contributed by atoms with Gasteiger partial charge in [0.15, 0.2) is 0 Å². The Morgan fingerprint density at radius 3 is 2.63 bits per heavy atom. The highest BCUT2D eigenvalue weighted by Gasteiger charge is 2.49. The molecule has 1 aliphatic heterocycles. The Morgan fingerprint density at radius 1 is 1.10 bits per heavy atom. The second-order valence-electron chi connectivity index (χ2n) is 10.4. The van der Waals surface area contributed by atoms with E-state index in [4.69, 9.17) is 4.42 Å². The molecule has 0 unspecified atom stereocenters. The number of phenols is 1. The van der Waals surface area contributed by atoms with Gasteiger partial charge in [0.2, 0.25) is 0 Å². The van der Waals surface area contributed by atoms with Gasteiger partial charge in [0.25, 0.3) is 0 Å². The summed E-state index contributed by atoms with van der Waals surface area (Å²) in [7, 11) is 0. The van der Waals surface area contributed by atoms with Gasteiger partial charge in [0.05, 0.1) is 5.56 Å². The number of rotatable bonds is 3. The van der Waals surface area contributed by atoms with Crippen molar-refractivity contribution in [3.63, 3.8) is 0 Å². The van der Waals surface area contributed by atoms with Crippen LogP contribution in [0.1, 0.15) is 45.6 Å². The van der Waals surface area contributed by atoms with E-state index in [0.29, 0.717) is 29.0 Å². The van der Waals surface area contributed by atoms with Crippen LogP contribution in [-0.2, 0) is 6.54 Å². The topological polar surface area (TPSA) is 53.7 Å². The number of benzene rings is 2. The molecule has 4 nitrogen and oxygen atoms in total. The maximum absolute atomic E-state index is 12.4. The molecule has 2 fully saturated rings. The molecule has 0 radical (unpaired) electrons. The lowest BCUT2D eigenvalue weighted by molar-refractivity contribution is 0.126. The number of nitrogens with zero attached hydrogens (tertiary/aromatic N) is 1. The van der Waals surface area contributed by atoms with Crippen LogP contribution in [0.2, 0.25) is 0 Å². The molecule has 2 heterocycles. The molecule has 1 N–H and O–H groups in total. The molecule has 2 atom stereocenters. The van der Waals surface area contributed by atoms with E-state index in [9.17, 15) is 9.90 Å². The molecular weight excluding hydrogens is 374 g/mol. The molecule has 1 saturated carbocycles. The number of phenolic OH excluding ortho intramolecular Hbond substituents is 1. The minimum absolute atomic E-state index is 0.196. The zero-order chi connectivity index (χ0) is 21.1. The predicted octanol–water partition coefficient (Wildman–Crippen LogP) is 5.57. The van der Waals surface area contributed by atoms with Gasteiger partial charge < -0.3 is 9.52 Å². The number of hydrogen-bond donors (Lipinski definition) is 1. The van der Waals surface area contributed by atoms with Gasteiger partial charge in [-0.2, -0.15) is 0 Å². The molecule has 156 valence electrons. The first-order chi connectivity index (χ1) is 14.2. The van der Waals surface area contributed by atoms with Crippen LogP contribution in [-0.4, -0.2) is 22.6 Å². The Bertz CT molecular complexity index is 1160. The summed E-state index contributed by atoms with van der Waals surface area (Å²) >= 11 is 0. The maximum atomic E-state index is 12.4. The Labute approximate surface area is 177 Å². The summed E-state index contributed by atoms with van der Waals surface area (Å²) in [6.45, 7) is 8.72. The van der Waals surface area contributed by atoms with E-state index in [1.165, 1.54) is 12.8 Å². The molecule has 1 aliphatic carbocycles. The quantitative estimate of drug-likeness (QED) is 0.581. The monoisotopic (exact) mass is 403 g/mol. The molecule has 30 heavy (non-hydrogen) atoms. The van der Waals surface area contributed by atoms with Crippen molar-refractivity contribution >= 4 is 11.0 Å². The highest BCUT2D eigenvalue weighted by Crippen LogP contribution is 2.53. The van der Waals surface area contributed by atoms with Crippen LogP contribution in [0.15, 0.2) is 57.7 Å². The number of fused-ring (bicyclic) bond motifs is 3. The van der Waals surface area contributed by atoms with E-state index in [0.717, 1.165) is 35.0 Å². The van der Waals surface area contributed by atoms with Crippen LogP contribution >= 0.6 is 0 Å². The zero-order valence-electron chi connectivity index (χ0n) is 17.9. The molecule has 0 amide bonds. The Hall–Kier alpha value is -2.59. The smallest absolute Gasteiger partial charge is 0.336 e. The lowest BCUT2D eigenvalue weighted by Gasteiger charge is -2.40. The molecule has 2 aliphatic rings. The first-order valence-corrected chi connectivity index (χ1v) is 10.8. The second kappa shape index (κ2) is 6.71. The third-order valence-electron chi connectivity index (χ3n) is 6.96. The van der Waals surface area contributed by atoms with Crippen LogP contribution in [0.4, 0.5) is 0 Å². The third-order valence-corrected chi connectivity index (χ3v) is 6.96. The SMILES string of the molecule is CC1(C)C[C@@H]2C[C@@](C)(CN2Cc2c(O)ccc3c(-c4ccccc4)cc(=O)oc23)C1. The predicted molar refractivity (Wildman–Crippen MR) is 120 cm³/mol. The maximum Gasteiger partial charge on any atom is 0.336 e. The fraction of sp³-hybridized carbons (Fsp3) is 0.423. The summed E-state index contributed by atoms with van der Waals surface area (Å²) in [5.74, 6) is 0.196. The van der Waals surface area contributed by atoms with Crippen molar-refractivity contribution in [1.82, 2.24) is 4.90 Å². The van der Waals surface area contributed by atoms with Crippen molar-refractivity contribution in [2.24, 2.45) is 10.8 Å². The van der Waals surface area contributed by atoms with E-state index in [1.807, 2.05) is 36.4 Å². The summed E-state index contributed by atoms with van der Waals surface area (Å²) in [4.78, 5) is 14.9. The first kappa shape index (κ1) is 19.4. The molecule has 2 aromatic carbocycles. The van der Waals surface area contributed by atoms with Gasteiger partial charge in [-0.1, -0.05) is 51.1 Å². The average Bonchev–Trinajstić information content (AvgIpc) is 2.92. The molecule has 2 bridgehead atoms. The van der Waals surface area contributed by atoms with Crippen molar-refractivity contribution in [3.8, 4) is 16.9 Å². The Kier molecular flexibility index (Phi) is 4.33. The fourth-order valence-electron chi connectivity index (χ4n) is 6.25. The van der Waals surface area contributed by atoms with Gasteiger partial charge in [0, 0.05) is 30.6 Å². The second-order valence-corrected chi connectivity index (χ2v) is 10.4. The minimum atomic E-state index is -0.388. The van der Waals surface area contributed by atoms with Crippen molar-refractivity contribution in [1.29, 1.82) is 0 Å². The largest absolute Gasteiger partial charge is 0.507 e. The minimum Gasteiger partial charge on any atom is -0.507 e. The average molecular weight is 404 g/mol. The van der Waals surface area contributed by atoms with Gasteiger partial charge in [-0.3, -0.25) is 4.90 Å². The fourth-order valence-corrected chi connectivity index (χ4v) is 6.25. The van der Waals surface area contributed by atoms with E-state index in [-0.39, 0.29) is 11.4 Å².